The molecule has 3 rings (SSSR count). The van der Waals surface area contributed by atoms with Crippen molar-refractivity contribution in [2.45, 2.75) is 32.1 Å². The lowest BCUT2D eigenvalue weighted by molar-refractivity contribution is -0.138. The standard InChI is InChI=1S/C24H26F3N3O4/c1-14(13-33-3)30-15(2)20(22(31)28-18-11-7-8-12-19(18)34-4)21(29-23(30)32)16-9-5-6-10-17(16)24(25,26)27/h5-12,14,21H,13H2,1-4H3,(H,28,31)(H,29,32)/t14-,21+/m0/s1. The number of para-hydroxylation sites is 2. The largest absolute Gasteiger partial charge is 0.495 e. The molecule has 10 heteroatoms. The molecule has 2 N–H and O–H groups in total. The van der Waals surface area contributed by atoms with Crippen LogP contribution in [0.3, 0.4) is 0 Å². The van der Waals surface area contributed by atoms with E-state index in [1.54, 1.807) is 31.2 Å². The highest BCUT2D eigenvalue weighted by Crippen LogP contribution is 2.40. The third-order valence-electron chi connectivity index (χ3n) is 5.55. The summed E-state index contributed by atoms with van der Waals surface area (Å²) in [4.78, 5) is 27.8. The van der Waals surface area contributed by atoms with E-state index in [1.807, 2.05) is 0 Å². The number of carbonyl (C=O) groups is 2. The third kappa shape index (κ3) is 5.01. The van der Waals surface area contributed by atoms with Crippen molar-refractivity contribution in [2.24, 2.45) is 0 Å². The van der Waals surface area contributed by atoms with Crippen molar-refractivity contribution in [1.29, 1.82) is 0 Å². The fourth-order valence-corrected chi connectivity index (χ4v) is 4.08. The van der Waals surface area contributed by atoms with E-state index < -0.39 is 35.8 Å². The SMILES string of the molecule is COC[C@H](C)N1C(=O)N[C@H](c2ccccc2C(F)(F)F)C(C(=O)Nc2ccccc2OC)=C1C. The zero-order chi connectivity index (χ0) is 25.0. The third-order valence-corrected chi connectivity index (χ3v) is 5.55. The van der Waals surface area contributed by atoms with Gasteiger partial charge in [0.2, 0.25) is 0 Å². The van der Waals surface area contributed by atoms with Crippen molar-refractivity contribution in [3.63, 3.8) is 0 Å². The summed E-state index contributed by atoms with van der Waals surface area (Å²) in [5.41, 5.74) is -0.625. The topological polar surface area (TPSA) is 79.9 Å². The van der Waals surface area contributed by atoms with E-state index in [9.17, 15) is 22.8 Å². The van der Waals surface area contributed by atoms with E-state index in [-0.39, 0.29) is 23.4 Å². The Kier molecular flexibility index (Phi) is 7.51. The van der Waals surface area contributed by atoms with Crippen molar-refractivity contribution in [2.75, 3.05) is 26.1 Å². The molecular weight excluding hydrogens is 451 g/mol. The first-order valence-corrected chi connectivity index (χ1v) is 10.5. The van der Waals surface area contributed by atoms with Crippen LogP contribution < -0.4 is 15.4 Å². The summed E-state index contributed by atoms with van der Waals surface area (Å²) in [6, 6.07) is 9.10. The Morgan fingerprint density at radius 3 is 2.44 bits per heavy atom. The highest BCUT2D eigenvalue weighted by atomic mass is 19.4. The Labute approximate surface area is 195 Å². The molecular formula is C24H26F3N3O4. The number of benzene rings is 2. The van der Waals surface area contributed by atoms with Crippen LogP contribution in [0.15, 0.2) is 59.8 Å². The lowest BCUT2D eigenvalue weighted by Gasteiger charge is -2.39. The van der Waals surface area contributed by atoms with Crippen LogP contribution in [0.2, 0.25) is 0 Å². The molecule has 3 amide bonds. The summed E-state index contributed by atoms with van der Waals surface area (Å²) in [5, 5.41) is 5.31. The van der Waals surface area contributed by atoms with Crippen LogP contribution in [0, 0.1) is 0 Å². The minimum Gasteiger partial charge on any atom is -0.495 e. The second-order valence-electron chi connectivity index (χ2n) is 7.80. The number of anilines is 1. The van der Waals surface area contributed by atoms with Gasteiger partial charge in [-0.3, -0.25) is 9.69 Å². The van der Waals surface area contributed by atoms with Gasteiger partial charge in [0, 0.05) is 12.8 Å². The predicted octanol–water partition coefficient (Wildman–Crippen LogP) is 4.73. The molecule has 1 aliphatic rings. The van der Waals surface area contributed by atoms with Gasteiger partial charge in [-0.05, 0) is 37.6 Å². The number of methoxy groups -OCH3 is 2. The first kappa shape index (κ1) is 25.1. The number of halogens is 3. The molecule has 0 spiro atoms. The minimum absolute atomic E-state index is 0.0230. The van der Waals surface area contributed by atoms with Gasteiger partial charge in [-0.2, -0.15) is 13.2 Å². The maximum atomic E-state index is 13.8. The van der Waals surface area contributed by atoms with Crippen molar-refractivity contribution in [1.82, 2.24) is 10.2 Å². The number of amides is 3. The second-order valence-corrected chi connectivity index (χ2v) is 7.80. The van der Waals surface area contributed by atoms with E-state index in [4.69, 9.17) is 9.47 Å². The quantitative estimate of drug-likeness (QED) is 0.605. The summed E-state index contributed by atoms with van der Waals surface area (Å²) in [5.74, 6) is -0.288. The number of ether oxygens (including phenoxy) is 2. The molecule has 0 saturated heterocycles. The van der Waals surface area contributed by atoms with Crippen LogP contribution in [0.1, 0.15) is 31.0 Å². The van der Waals surface area contributed by atoms with Crippen LogP contribution in [0.4, 0.5) is 23.7 Å². The van der Waals surface area contributed by atoms with Crippen LogP contribution in [0.25, 0.3) is 0 Å². The van der Waals surface area contributed by atoms with Gasteiger partial charge < -0.3 is 20.1 Å². The summed E-state index contributed by atoms with van der Waals surface area (Å²) in [6.45, 7) is 3.41. The van der Waals surface area contributed by atoms with E-state index in [2.05, 4.69) is 10.6 Å². The Hall–Kier alpha value is -3.53. The second kappa shape index (κ2) is 10.2. The number of hydrogen-bond donors (Lipinski definition) is 2. The minimum atomic E-state index is -4.68. The summed E-state index contributed by atoms with van der Waals surface area (Å²) in [7, 11) is 2.90. The number of carbonyl (C=O) groups excluding carboxylic acids is 2. The maximum absolute atomic E-state index is 13.8. The molecule has 7 nitrogen and oxygen atoms in total. The maximum Gasteiger partial charge on any atom is 0.416 e. The zero-order valence-corrected chi connectivity index (χ0v) is 19.2. The summed E-state index contributed by atoms with van der Waals surface area (Å²) < 4.78 is 51.8. The summed E-state index contributed by atoms with van der Waals surface area (Å²) >= 11 is 0. The molecule has 1 aliphatic heterocycles. The molecule has 0 fully saturated rings. The van der Waals surface area contributed by atoms with Crippen molar-refractivity contribution in [3.8, 4) is 5.75 Å². The van der Waals surface area contributed by atoms with Gasteiger partial charge in [0.1, 0.15) is 5.75 Å². The summed E-state index contributed by atoms with van der Waals surface area (Å²) in [6.07, 6.45) is -4.68. The van der Waals surface area contributed by atoms with Crippen LogP contribution >= 0.6 is 0 Å². The number of nitrogens with zero attached hydrogens (tertiary/aromatic N) is 1. The number of hydrogen-bond acceptors (Lipinski definition) is 4. The van der Waals surface area contributed by atoms with E-state index in [0.717, 1.165) is 6.07 Å². The molecule has 2 aromatic rings. The van der Waals surface area contributed by atoms with Crippen molar-refractivity contribution in [3.05, 3.63) is 70.9 Å². The van der Waals surface area contributed by atoms with Crippen LogP contribution in [-0.4, -0.2) is 43.7 Å². The molecule has 182 valence electrons. The van der Waals surface area contributed by atoms with Crippen LogP contribution in [-0.2, 0) is 15.7 Å². The zero-order valence-electron chi connectivity index (χ0n) is 19.2. The lowest BCUT2D eigenvalue weighted by Crippen LogP contribution is -2.52. The van der Waals surface area contributed by atoms with Gasteiger partial charge in [0.25, 0.3) is 5.91 Å². The van der Waals surface area contributed by atoms with E-state index >= 15 is 0 Å². The molecule has 0 bridgehead atoms. The Morgan fingerprint density at radius 2 is 1.79 bits per heavy atom. The molecule has 0 radical (unpaired) electrons. The molecule has 34 heavy (non-hydrogen) atoms. The predicted molar refractivity (Wildman–Crippen MR) is 120 cm³/mol. The number of urea groups is 1. The van der Waals surface area contributed by atoms with Crippen molar-refractivity contribution >= 4 is 17.6 Å². The average molecular weight is 477 g/mol. The van der Waals surface area contributed by atoms with Gasteiger partial charge in [-0.25, -0.2) is 4.79 Å². The number of rotatable bonds is 7. The fraction of sp³-hybridized carbons (Fsp3) is 0.333. The molecule has 1 heterocycles. The Morgan fingerprint density at radius 1 is 1.15 bits per heavy atom. The van der Waals surface area contributed by atoms with Crippen molar-refractivity contribution < 1.29 is 32.2 Å². The monoisotopic (exact) mass is 477 g/mol. The van der Waals surface area contributed by atoms with Gasteiger partial charge in [-0.1, -0.05) is 30.3 Å². The number of alkyl halides is 3. The first-order chi connectivity index (χ1) is 16.1. The van der Waals surface area contributed by atoms with Gasteiger partial charge in [0.15, 0.2) is 0 Å². The van der Waals surface area contributed by atoms with Gasteiger partial charge >= 0.3 is 12.2 Å². The van der Waals surface area contributed by atoms with E-state index in [1.165, 1.54) is 44.2 Å². The molecule has 0 unspecified atom stereocenters. The Balaban J connectivity index is 2.16. The first-order valence-electron chi connectivity index (χ1n) is 10.5. The lowest BCUT2D eigenvalue weighted by atomic mass is 9.90. The highest BCUT2D eigenvalue weighted by molar-refractivity contribution is 6.07. The number of allylic oxidation sites excluding steroid dienone is 1. The fourth-order valence-electron chi connectivity index (χ4n) is 4.08. The molecule has 0 aliphatic carbocycles. The highest BCUT2D eigenvalue weighted by Gasteiger charge is 2.42. The van der Waals surface area contributed by atoms with E-state index in [0.29, 0.717) is 11.4 Å². The van der Waals surface area contributed by atoms with Gasteiger partial charge in [0.05, 0.1) is 42.6 Å². The molecule has 0 aromatic heterocycles. The molecule has 0 saturated carbocycles. The number of nitrogens with one attached hydrogen (secondary N) is 2. The average Bonchev–Trinajstić information content (AvgIpc) is 2.78. The molecule has 2 aromatic carbocycles. The van der Waals surface area contributed by atoms with Crippen LogP contribution in [0.5, 0.6) is 5.75 Å². The smallest absolute Gasteiger partial charge is 0.416 e. The normalized spacial score (nSPS) is 17.3. The van der Waals surface area contributed by atoms with Gasteiger partial charge in [-0.15, -0.1) is 0 Å². The Bertz CT molecular complexity index is 1100. The molecule has 2 atom stereocenters.